The van der Waals surface area contributed by atoms with Crippen molar-refractivity contribution in [3.63, 3.8) is 0 Å². The van der Waals surface area contributed by atoms with Crippen molar-refractivity contribution in [2.45, 2.75) is 64.6 Å². The van der Waals surface area contributed by atoms with Crippen LogP contribution in [0.1, 0.15) is 46.5 Å². The molecule has 0 aliphatic heterocycles. The van der Waals surface area contributed by atoms with E-state index >= 15 is 0 Å². The fourth-order valence-electron chi connectivity index (χ4n) is 2.23. The van der Waals surface area contributed by atoms with Crippen LogP contribution >= 0.6 is 0 Å². The summed E-state index contributed by atoms with van der Waals surface area (Å²) in [4.78, 5) is 46.8. The number of hydrogen-bond donors (Lipinski definition) is 6. The molecule has 0 fully saturated rings. The van der Waals surface area contributed by atoms with Gasteiger partial charge in [0, 0.05) is 13.5 Å². The summed E-state index contributed by atoms with van der Waals surface area (Å²) in [5, 5.41) is 17.4. The van der Waals surface area contributed by atoms with Crippen LogP contribution < -0.4 is 27.0 Å². The van der Waals surface area contributed by atoms with Gasteiger partial charge < -0.3 is 31.8 Å². The molecule has 0 aromatic rings. The van der Waals surface area contributed by atoms with Crippen molar-refractivity contribution in [3.05, 3.63) is 0 Å². The van der Waals surface area contributed by atoms with Crippen LogP contribution in [0.4, 0.5) is 0 Å². The van der Waals surface area contributed by atoms with Crippen molar-refractivity contribution in [1.82, 2.24) is 21.3 Å². The predicted molar refractivity (Wildman–Crippen MR) is 97.3 cm³/mol. The highest BCUT2D eigenvalue weighted by Gasteiger charge is 2.25. The third-order valence-electron chi connectivity index (χ3n) is 3.64. The molecule has 0 aliphatic rings. The molecule has 1 unspecified atom stereocenters. The molecule has 0 aromatic heterocycles. The lowest BCUT2D eigenvalue weighted by Gasteiger charge is -2.22. The number of nitrogens with one attached hydrogen (secondary N) is 5. The van der Waals surface area contributed by atoms with Crippen molar-refractivity contribution < 1.29 is 19.2 Å². The van der Waals surface area contributed by atoms with Crippen LogP contribution in [0, 0.1) is 5.41 Å². The van der Waals surface area contributed by atoms with Crippen LogP contribution in [0.2, 0.25) is 0 Å². The first-order chi connectivity index (χ1) is 12.2. The number of aldehydes is 1. The summed E-state index contributed by atoms with van der Waals surface area (Å²) >= 11 is 0. The molecular formula is C16H30N6O4. The van der Waals surface area contributed by atoms with Gasteiger partial charge in [-0.2, -0.15) is 0 Å². The van der Waals surface area contributed by atoms with Crippen LogP contribution in [0.25, 0.3) is 0 Å². The molecule has 0 saturated carbocycles. The van der Waals surface area contributed by atoms with Crippen LogP contribution in [0.3, 0.4) is 0 Å². The number of hydrogen-bond acceptors (Lipinski definition) is 5. The Morgan fingerprint density at radius 3 is 2.04 bits per heavy atom. The van der Waals surface area contributed by atoms with Gasteiger partial charge in [0.25, 0.3) is 0 Å². The Hall–Kier alpha value is -2.65. The lowest BCUT2D eigenvalue weighted by atomic mass is 10.1. The first-order valence-corrected chi connectivity index (χ1v) is 8.66. The van der Waals surface area contributed by atoms with E-state index in [0.29, 0.717) is 38.5 Å². The second kappa shape index (κ2) is 12.7. The lowest BCUT2D eigenvalue weighted by Crippen LogP contribution is -2.54. The summed E-state index contributed by atoms with van der Waals surface area (Å²) in [6, 6.07) is -2.21. The average Bonchev–Trinajstić information content (AvgIpc) is 2.59. The van der Waals surface area contributed by atoms with E-state index in [9.17, 15) is 19.2 Å². The maximum atomic E-state index is 12.3. The van der Waals surface area contributed by atoms with Gasteiger partial charge in [0.05, 0.1) is 6.04 Å². The lowest BCUT2D eigenvalue weighted by molar-refractivity contribution is -0.132. The number of guanidine groups is 1. The molecule has 0 radical (unpaired) electrons. The highest BCUT2D eigenvalue weighted by Crippen LogP contribution is 2.00. The van der Waals surface area contributed by atoms with Gasteiger partial charge >= 0.3 is 0 Å². The van der Waals surface area contributed by atoms with E-state index in [4.69, 9.17) is 11.1 Å². The number of carbonyl (C=O) groups excluding carboxylic acids is 4. The number of nitrogens with two attached hydrogens (primary N) is 1. The standard InChI is InChI=1S/C16H30N6O4/c1-4-12(20-10(3)24)15(26)22-13(5-2)14(25)21-11(9-23)7-6-8-19-16(17)18/h9,11-13H,4-8H2,1-3H3,(H,20,24)(H,21,25)(H,22,26)(H4,17,18,19)/t11-,12-,13?/m0/s1. The van der Waals surface area contributed by atoms with Crippen molar-refractivity contribution in [3.8, 4) is 0 Å². The zero-order chi connectivity index (χ0) is 20.1. The van der Waals surface area contributed by atoms with Crippen LogP contribution in [-0.4, -0.2) is 54.6 Å². The Labute approximate surface area is 153 Å². The third-order valence-corrected chi connectivity index (χ3v) is 3.64. The molecular weight excluding hydrogens is 340 g/mol. The summed E-state index contributed by atoms with van der Waals surface area (Å²) in [6.45, 7) is 5.21. The van der Waals surface area contributed by atoms with Crippen molar-refractivity contribution in [1.29, 1.82) is 5.41 Å². The fraction of sp³-hybridized carbons (Fsp3) is 0.688. The second-order valence-corrected chi connectivity index (χ2v) is 5.86. The SMILES string of the molecule is CCC(NC(=O)[C@H](CC)NC(C)=O)C(=O)N[C@H](C=O)CCCNC(=N)N. The Morgan fingerprint density at radius 2 is 1.58 bits per heavy atom. The molecule has 0 aliphatic carbocycles. The van der Waals surface area contributed by atoms with Gasteiger partial charge in [-0.15, -0.1) is 0 Å². The molecule has 26 heavy (non-hydrogen) atoms. The predicted octanol–water partition coefficient (Wildman–Crippen LogP) is -1.26. The Morgan fingerprint density at radius 1 is 1.04 bits per heavy atom. The van der Waals surface area contributed by atoms with E-state index in [-0.39, 0.29) is 11.9 Å². The number of rotatable bonds is 12. The molecule has 0 bridgehead atoms. The molecule has 0 heterocycles. The van der Waals surface area contributed by atoms with E-state index in [2.05, 4.69) is 21.3 Å². The van der Waals surface area contributed by atoms with Gasteiger partial charge in [-0.25, -0.2) is 0 Å². The van der Waals surface area contributed by atoms with E-state index in [1.165, 1.54) is 6.92 Å². The largest absolute Gasteiger partial charge is 0.370 e. The van der Waals surface area contributed by atoms with Crippen molar-refractivity contribution >= 4 is 30.0 Å². The molecule has 0 aromatic carbocycles. The fourth-order valence-corrected chi connectivity index (χ4v) is 2.23. The van der Waals surface area contributed by atoms with Gasteiger partial charge in [0.2, 0.25) is 17.7 Å². The van der Waals surface area contributed by atoms with Gasteiger partial charge in [-0.3, -0.25) is 19.8 Å². The molecule has 10 nitrogen and oxygen atoms in total. The minimum Gasteiger partial charge on any atom is -0.370 e. The monoisotopic (exact) mass is 370 g/mol. The molecule has 0 saturated heterocycles. The topological polar surface area (TPSA) is 166 Å². The minimum atomic E-state index is -0.803. The van der Waals surface area contributed by atoms with Gasteiger partial charge in [0.15, 0.2) is 5.96 Å². The van der Waals surface area contributed by atoms with E-state index in [1.54, 1.807) is 13.8 Å². The van der Waals surface area contributed by atoms with Crippen LogP contribution in [-0.2, 0) is 19.2 Å². The van der Waals surface area contributed by atoms with Gasteiger partial charge in [0.1, 0.15) is 18.4 Å². The molecule has 3 atom stereocenters. The van der Waals surface area contributed by atoms with E-state index < -0.39 is 29.9 Å². The van der Waals surface area contributed by atoms with Gasteiger partial charge in [-0.05, 0) is 25.7 Å². The summed E-state index contributed by atoms with van der Waals surface area (Å²) in [5.41, 5.74) is 5.16. The molecule has 3 amide bonds. The van der Waals surface area contributed by atoms with Crippen LogP contribution in [0.15, 0.2) is 0 Å². The summed E-state index contributed by atoms with van der Waals surface area (Å²) in [7, 11) is 0. The molecule has 7 N–H and O–H groups in total. The maximum Gasteiger partial charge on any atom is 0.243 e. The summed E-state index contributed by atoms with van der Waals surface area (Å²) in [6.07, 6.45) is 2.28. The number of carbonyl (C=O) groups is 4. The van der Waals surface area contributed by atoms with Crippen molar-refractivity contribution in [2.75, 3.05) is 6.54 Å². The Bertz CT molecular complexity index is 511. The zero-order valence-electron chi connectivity index (χ0n) is 15.6. The van der Waals surface area contributed by atoms with E-state index in [0.717, 1.165) is 0 Å². The molecule has 0 rings (SSSR count). The summed E-state index contributed by atoms with van der Waals surface area (Å²) < 4.78 is 0. The smallest absolute Gasteiger partial charge is 0.243 e. The Kier molecular flexibility index (Phi) is 11.4. The Balaban J connectivity index is 4.60. The second-order valence-electron chi connectivity index (χ2n) is 5.86. The van der Waals surface area contributed by atoms with Crippen LogP contribution in [0.5, 0.6) is 0 Å². The summed E-state index contributed by atoms with van der Waals surface area (Å²) in [5.74, 6) is -1.40. The highest BCUT2D eigenvalue weighted by molar-refractivity contribution is 5.92. The quantitative estimate of drug-likeness (QED) is 0.109. The van der Waals surface area contributed by atoms with Gasteiger partial charge in [-0.1, -0.05) is 13.8 Å². The molecule has 10 heteroatoms. The normalized spacial score (nSPS) is 13.7. The minimum absolute atomic E-state index is 0.157. The molecule has 0 spiro atoms. The average molecular weight is 370 g/mol. The van der Waals surface area contributed by atoms with Crippen molar-refractivity contribution in [2.24, 2.45) is 5.73 Å². The van der Waals surface area contributed by atoms with E-state index in [1.807, 2.05) is 0 Å². The maximum absolute atomic E-state index is 12.3. The first kappa shape index (κ1) is 23.4. The first-order valence-electron chi connectivity index (χ1n) is 8.66. The molecule has 148 valence electrons. The highest BCUT2D eigenvalue weighted by atomic mass is 16.2. The number of amides is 3. The third kappa shape index (κ3) is 9.60. The zero-order valence-corrected chi connectivity index (χ0v) is 15.6.